The first-order valence-electron chi connectivity index (χ1n) is 22.1. The van der Waals surface area contributed by atoms with Crippen molar-refractivity contribution in [3.05, 3.63) is 117 Å². The second-order valence-corrected chi connectivity index (χ2v) is 26.0. The number of allylic oxidation sites excluding steroid dienone is 1. The molecule has 0 fully saturated rings. The van der Waals surface area contributed by atoms with Crippen molar-refractivity contribution < 1.29 is 82.6 Å². The fourth-order valence-electron chi connectivity index (χ4n) is 7.32. The van der Waals surface area contributed by atoms with Gasteiger partial charge in [0.05, 0.1) is 26.7 Å². The average molecular weight is 1320 g/mol. The van der Waals surface area contributed by atoms with Gasteiger partial charge in [0.2, 0.25) is 40.1 Å². The van der Waals surface area contributed by atoms with Gasteiger partial charge in [0.25, 0.3) is 60.7 Å². The van der Waals surface area contributed by atoms with E-state index in [0.717, 1.165) is 60.7 Å². The highest BCUT2D eigenvalue weighted by atomic mass is 35.5. The molecule has 13 N–H and O–H groups in total. The largest absolute Gasteiger partial charge is 0.396 e. The summed E-state index contributed by atoms with van der Waals surface area (Å²) in [6.45, 7) is 3.14. The number of aromatic nitrogens is 6. The minimum Gasteiger partial charge on any atom is -0.396 e. The lowest BCUT2D eigenvalue weighted by Gasteiger charge is -2.20. The zero-order valence-corrected chi connectivity index (χ0v) is 47.8. The van der Waals surface area contributed by atoms with E-state index in [1.165, 1.54) is 12.1 Å². The summed E-state index contributed by atoms with van der Waals surface area (Å²) < 4.78 is 209. The minimum atomic E-state index is -5.57. The summed E-state index contributed by atoms with van der Waals surface area (Å²) in [5, 5.41) is 20.7. The zero-order chi connectivity index (χ0) is 61.8. The maximum Gasteiger partial charge on any atom is 0.296 e. The molecule has 0 aliphatic heterocycles. The number of rotatable bonds is 18. The predicted molar refractivity (Wildman–Crippen MR) is 297 cm³/mol. The minimum absolute atomic E-state index is 0.0975. The second kappa shape index (κ2) is 22.7. The van der Waals surface area contributed by atoms with Crippen LogP contribution in [0.2, 0.25) is 10.6 Å². The summed E-state index contributed by atoms with van der Waals surface area (Å²) in [7, 11) is -31.0. The molecule has 1 aliphatic rings. The Bertz CT molecular complexity index is 4810. The lowest BCUT2D eigenvalue weighted by molar-refractivity contribution is 0.106. The number of nitrogens with zero attached hydrogens (tertiary/aromatic N) is 9. The molecule has 0 amide bonds. The van der Waals surface area contributed by atoms with E-state index >= 15 is 0 Å². The number of benzene rings is 5. The van der Waals surface area contributed by atoms with Gasteiger partial charge in [-0.05, 0) is 127 Å². The second-order valence-electron chi connectivity index (χ2n) is 16.9. The number of nitrogen functional groups attached to an aromatic ring is 1. The third-order valence-corrected chi connectivity index (χ3v) is 16.7. The monoisotopic (exact) mass is 1310 g/mol. The molecule has 0 saturated heterocycles. The van der Waals surface area contributed by atoms with Crippen LogP contribution in [0.15, 0.2) is 124 Å². The van der Waals surface area contributed by atoms with Gasteiger partial charge in [0.15, 0.2) is 5.71 Å². The Hall–Kier alpha value is -8.36. The van der Waals surface area contributed by atoms with E-state index in [4.69, 9.17) is 28.9 Å². The summed E-state index contributed by atoms with van der Waals surface area (Å²) >= 11 is 12.2. The number of Topliss-reactive ketones (excluding diaryl/α,β-unsaturated/α-hetero) is 1. The average Bonchev–Trinajstić information content (AvgIpc) is 1.02. The number of nitrogens with two attached hydrogens (primary N) is 1. The van der Waals surface area contributed by atoms with Gasteiger partial charge in [-0.1, -0.05) is 12.1 Å². The van der Waals surface area contributed by atoms with E-state index in [-0.39, 0.29) is 46.5 Å². The third-order valence-electron chi connectivity index (χ3n) is 11.1. The summed E-state index contributed by atoms with van der Waals surface area (Å²) in [5.74, 6) is -2.93. The normalized spacial score (nSPS) is 13.8. The van der Waals surface area contributed by atoms with Gasteiger partial charge in [-0.15, -0.1) is 10.2 Å². The van der Waals surface area contributed by atoms with Crippen molar-refractivity contribution in [1.29, 1.82) is 0 Å². The molecule has 0 bridgehead atoms. The van der Waals surface area contributed by atoms with Crippen LogP contribution in [0.3, 0.4) is 0 Å². The van der Waals surface area contributed by atoms with Crippen LogP contribution in [0.4, 0.5) is 69.3 Å². The molecule has 84 heavy (non-hydrogen) atoms. The molecule has 34 nitrogen and oxygen atoms in total. The molecule has 8 rings (SSSR count). The highest BCUT2D eigenvalue weighted by molar-refractivity contribution is 7.91. The zero-order valence-electron chi connectivity index (χ0n) is 41.4. The summed E-state index contributed by atoms with van der Waals surface area (Å²) in [6.07, 6.45) is 0.466. The number of halogens is 2. The van der Waals surface area contributed by atoms with Gasteiger partial charge >= 0.3 is 0 Å². The highest BCUT2D eigenvalue weighted by Gasteiger charge is 2.37. The van der Waals surface area contributed by atoms with Gasteiger partial charge in [-0.2, -0.15) is 85.5 Å². The lowest BCUT2D eigenvalue weighted by atomic mass is 9.92. The SMILES string of the molecule is Cc1ccc(S(=O)(=O)O)cc1Nc1nc(Cl)nc(Nc2ccc(N=Nc3c(S(=O)(=O)O)cc4c(c3N)C(=O)/C(=N\Nc3ccc(Nc5nc(Cl)nc(Nc6cc(S(=O)(=O)O)ccc6C)n5)cc3S(=O)(=O)O)C(S(=O)(=O)O)=C4)c(S(=O)(=O)O)c2)n1. The van der Waals surface area contributed by atoms with Crippen molar-refractivity contribution in [3.63, 3.8) is 0 Å². The van der Waals surface area contributed by atoms with Gasteiger partial charge < -0.3 is 27.0 Å². The van der Waals surface area contributed by atoms with Crippen molar-refractivity contribution >= 4 is 171 Å². The molecule has 0 radical (unpaired) electrons. The number of carbonyl (C=O) groups is 1. The quantitative estimate of drug-likeness (QED) is 0.0200. The Balaban J connectivity index is 1.11. The number of hydrazone groups is 1. The summed E-state index contributed by atoms with van der Waals surface area (Å²) in [6, 6.07) is 13.0. The number of hydrogen-bond acceptors (Lipinski definition) is 28. The van der Waals surface area contributed by atoms with Crippen LogP contribution < -0.4 is 32.4 Å². The molecular formula is C42H33Cl2N15O19S6. The standard InChI is InChI=1S/C42H33Cl2N15O19S6/c1-17-3-7-22(79(61,62)63)15-26(17)48-41-52-37(43)50-39(54-41)46-20-5-9-24(28(13-20)81(67,68)69)56-58-34-30(83(73,74)75)11-19-12-31(84(76,77)78)35(36(60)32(19)33(34)45)59-57-25-10-6-21(14-29(25)82(70,71)72)47-40-51-38(44)53-42(55-40)49-27-16-23(80(64,65)66)8-4-18(27)2/h3-16,57H,45H2,1-2H3,(H,61,62,63)(H,64,65,66)(H,67,68,69)(H,70,71,72)(H,73,74,75)(H,76,77,78)(H2,46,48,50,52,54)(H2,47,49,51,53,55)/b58-56?,59-35-. The highest BCUT2D eigenvalue weighted by Crippen LogP contribution is 2.42. The van der Waals surface area contributed by atoms with Gasteiger partial charge in [0.1, 0.15) is 31.0 Å². The molecule has 0 saturated carbocycles. The molecule has 7 aromatic rings. The van der Waals surface area contributed by atoms with E-state index in [2.05, 4.69) is 71.9 Å². The molecule has 2 aromatic heterocycles. The number of fused-ring (bicyclic) bond motifs is 1. The third kappa shape index (κ3) is 14.2. The Kier molecular flexibility index (Phi) is 16.6. The first kappa shape index (κ1) is 61.7. The van der Waals surface area contributed by atoms with Crippen molar-refractivity contribution in [1.82, 2.24) is 29.9 Å². The number of aryl methyl sites for hydroxylation is 2. The van der Waals surface area contributed by atoms with Gasteiger partial charge in [-0.3, -0.25) is 37.5 Å². The topological polar surface area (TPSA) is 544 Å². The smallest absolute Gasteiger partial charge is 0.296 e. The molecule has 0 unspecified atom stereocenters. The Morgan fingerprint density at radius 1 is 0.488 bits per heavy atom. The molecule has 440 valence electrons. The lowest BCUT2D eigenvalue weighted by Crippen LogP contribution is -2.28. The van der Waals surface area contributed by atoms with Crippen LogP contribution in [-0.4, -0.2) is 119 Å². The van der Waals surface area contributed by atoms with Gasteiger partial charge in [-0.25, -0.2) is 0 Å². The maximum atomic E-state index is 14.3. The number of azo groups is 1. The van der Waals surface area contributed by atoms with E-state index in [0.29, 0.717) is 23.3 Å². The Morgan fingerprint density at radius 3 is 1.39 bits per heavy atom. The summed E-state index contributed by atoms with van der Waals surface area (Å²) in [5.41, 5.74) is 2.58. The summed E-state index contributed by atoms with van der Waals surface area (Å²) in [4.78, 5) is 32.3. The van der Waals surface area contributed by atoms with Gasteiger partial charge in [0, 0.05) is 22.7 Å². The van der Waals surface area contributed by atoms with Crippen LogP contribution in [0.1, 0.15) is 27.0 Å². The first-order valence-corrected chi connectivity index (χ1v) is 31.5. The van der Waals surface area contributed by atoms with Crippen molar-refractivity contribution in [2.75, 3.05) is 32.4 Å². The van der Waals surface area contributed by atoms with E-state index < -0.39 is 146 Å². The molecule has 1 aliphatic carbocycles. The maximum absolute atomic E-state index is 14.3. The number of ketones is 1. The molecule has 0 spiro atoms. The van der Waals surface area contributed by atoms with Crippen molar-refractivity contribution in [2.45, 2.75) is 38.3 Å². The Morgan fingerprint density at radius 2 is 0.940 bits per heavy atom. The Labute approximate surface area is 483 Å². The number of anilines is 10. The van der Waals surface area contributed by atoms with E-state index in [9.17, 15) is 82.6 Å². The van der Waals surface area contributed by atoms with Crippen LogP contribution in [0.5, 0.6) is 0 Å². The predicted octanol–water partition coefficient (Wildman–Crippen LogP) is 6.08. The van der Waals surface area contributed by atoms with Crippen LogP contribution in [0.25, 0.3) is 6.08 Å². The van der Waals surface area contributed by atoms with Crippen molar-refractivity contribution in [2.24, 2.45) is 15.3 Å². The number of hydrogen-bond donors (Lipinski definition) is 12. The van der Waals surface area contributed by atoms with E-state index in [1.807, 2.05) is 0 Å². The van der Waals surface area contributed by atoms with E-state index in [1.54, 1.807) is 13.8 Å². The van der Waals surface area contributed by atoms with Crippen molar-refractivity contribution in [3.8, 4) is 0 Å². The molecule has 0 atom stereocenters. The van der Waals surface area contributed by atoms with Crippen LogP contribution >= 0.6 is 23.2 Å². The molecule has 2 heterocycles. The first-order chi connectivity index (χ1) is 38.8. The molecule has 5 aromatic carbocycles. The van der Waals surface area contributed by atoms with Crippen LogP contribution in [-0.2, 0) is 60.7 Å². The number of carbonyl (C=O) groups excluding carboxylic acids is 1. The molecular weight excluding hydrogens is 1280 g/mol. The number of nitrogens with one attached hydrogen (secondary N) is 5. The fourth-order valence-corrected chi connectivity index (χ4v) is 11.3. The fraction of sp³-hybridized carbons (Fsp3) is 0.0476. The van der Waals surface area contributed by atoms with Crippen LogP contribution in [0, 0.1) is 13.8 Å². The molecule has 42 heteroatoms.